The molecule has 32 heavy (non-hydrogen) atoms. The number of rotatable bonds is 6. The molecule has 0 radical (unpaired) electrons. The van der Waals surface area contributed by atoms with Gasteiger partial charge in [0.15, 0.2) is 0 Å². The average Bonchev–Trinajstić information content (AvgIpc) is 3.13. The third kappa shape index (κ3) is 4.06. The molecule has 0 spiro atoms. The van der Waals surface area contributed by atoms with Crippen molar-refractivity contribution in [1.82, 2.24) is 9.55 Å². The van der Waals surface area contributed by atoms with Crippen LogP contribution in [-0.2, 0) is 6.54 Å². The third-order valence-electron chi connectivity index (χ3n) is 5.02. The Hall–Kier alpha value is -3.72. The van der Waals surface area contributed by atoms with Gasteiger partial charge in [-0.3, -0.25) is 14.2 Å². The summed E-state index contributed by atoms with van der Waals surface area (Å²) in [6, 6.07) is 11.1. The fourth-order valence-electron chi connectivity index (χ4n) is 3.41. The van der Waals surface area contributed by atoms with Crippen LogP contribution in [0, 0.1) is 12.7 Å². The van der Waals surface area contributed by atoms with Gasteiger partial charge in [-0.1, -0.05) is 12.1 Å². The summed E-state index contributed by atoms with van der Waals surface area (Å²) in [5.74, 6) is 0.293. The van der Waals surface area contributed by atoms with Crippen LogP contribution in [0.3, 0.4) is 0 Å². The SMILES string of the molecule is COc1ccc(OC)c(NC(=O)c2sc3ncn(Cc4cccc(F)c4)c(=O)c3c2C)c1. The van der Waals surface area contributed by atoms with Crippen molar-refractivity contribution >= 4 is 33.1 Å². The minimum Gasteiger partial charge on any atom is -0.497 e. The highest BCUT2D eigenvalue weighted by atomic mass is 32.1. The number of aromatic nitrogens is 2. The number of fused-ring (bicyclic) bond motifs is 1. The zero-order valence-electron chi connectivity index (χ0n) is 17.6. The Balaban J connectivity index is 1.69. The van der Waals surface area contributed by atoms with Gasteiger partial charge in [0.05, 0.1) is 43.0 Å². The molecule has 4 rings (SSSR count). The van der Waals surface area contributed by atoms with E-state index in [1.165, 1.54) is 37.2 Å². The number of ether oxygens (including phenoxy) is 2. The van der Waals surface area contributed by atoms with E-state index in [1.54, 1.807) is 37.3 Å². The van der Waals surface area contributed by atoms with E-state index in [1.807, 2.05) is 0 Å². The minimum atomic E-state index is -0.381. The van der Waals surface area contributed by atoms with Crippen molar-refractivity contribution in [2.24, 2.45) is 0 Å². The second kappa shape index (κ2) is 8.80. The molecule has 164 valence electrons. The van der Waals surface area contributed by atoms with Crippen LogP contribution in [0.1, 0.15) is 20.8 Å². The third-order valence-corrected chi connectivity index (χ3v) is 6.22. The summed E-state index contributed by atoms with van der Waals surface area (Å²) in [7, 11) is 3.04. The molecule has 4 aromatic rings. The van der Waals surface area contributed by atoms with Gasteiger partial charge in [0.2, 0.25) is 0 Å². The molecular formula is C23H20FN3O4S. The topological polar surface area (TPSA) is 82.4 Å². The number of amides is 1. The summed E-state index contributed by atoms with van der Waals surface area (Å²) in [5.41, 5.74) is 1.34. The summed E-state index contributed by atoms with van der Waals surface area (Å²) in [5, 5.41) is 3.19. The van der Waals surface area contributed by atoms with Crippen molar-refractivity contribution in [2.75, 3.05) is 19.5 Å². The Kier molecular flexibility index (Phi) is 5.91. The molecule has 0 aliphatic rings. The highest BCUT2D eigenvalue weighted by molar-refractivity contribution is 7.20. The Morgan fingerprint density at radius 2 is 2.00 bits per heavy atom. The molecule has 0 saturated carbocycles. The summed E-state index contributed by atoms with van der Waals surface area (Å²) in [6.45, 7) is 1.89. The van der Waals surface area contributed by atoms with Crippen LogP contribution >= 0.6 is 11.3 Å². The van der Waals surface area contributed by atoms with Gasteiger partial charge in [0, 0.05) is 6.07 Å². The molecule has 2 aromatic heterocycles. The number of thiophene rings is 1. The zero-order chi connectivity index (χ0) is 22.8. The van der Waals surface area contributed by atoms with Crippen LogP contribution in [0.15, 0.2) is 53.6 Å². The van der Waals surface area contributed by atoms with Crippen LogP contribution in [0.25, 0.3) is 10.2 Å². The Labute approximate surface area is 187 Å². The quantitative estimate of drug-likeness (QED) is 0.473. The lowest BCUT2D eigenvalue weighted by Gasteiger charge is -2.11. The van der Waals surface area contributed by atoms with Crippen LogP contribution in [-0.4, -0.2) is 29.7 Å². The number of halogens is 1. The molecule has 2 heterocycles. The Morgan fingerprint density at radius 1 is 1.19 bits per heavy atom. The van der Waals surface area contributed by atoms with E-state index < -0.39 is 0 Å². The second-order valence-electron chi connectivity index (χ2n) is 7.06. The lowest BCUT2D eigenvalue weighted by Crippen LogP contribution is -2.21. The Morgan fingerprint density at radius 3 is 2.72 bits per heavy atom. The number of anilines is 1. The average molecular weight is 453 g/mol. The lowest BCUT2D eigenvalue weighted by molar-refractivity contribution is 0.102. The molecule has 1 amide bonds. The highest BCUT2D eigenvalue weighted by Gasteiger charge is 2.21. The normalized spacial score (nSPS) is 10.9. The first-order valence-electron chi connectivity index (χ1n) is 9.67. The highest BCUT2D eigenvalue weighted by Crippen LogP contribution is 2.32. The maximum Gasteiger partial charge on any atom is 0.266 e. The summed E-state index contributed by atoms with van der Waals surface area (Å²) in [4.78, 5) is 31.3. The van der Waals surface area contributed by atoms with Crippen LogP contribution in [0.4, 0.5) is 10.1 Å². The summed E-state index contributed by atoms with van der Waals surface area (Å²) in [6.07, 6.45) is 1.41. The molecule has 0 bridgehead atoms. The number of hydrogen-bond acceptors (Lipinski definition) is 6. The molecule has 0 fully saturated rings. The smallest absolute Gasteiger partial charge is 0.266 e. The van der Waals surface area contributed by atoms with Crippen LogP contribution in [0.2, 0.25) is 0 Å². The molecule has 0 aliphatic carbocycles. The van der Waals surface area contributed by atoms with E-state index >= 15 is 0 Å². The van der Waals surface area contributed by atoms with Crippen molar-refractivity contribution in [2.45, 2.75) is 13.5 Å². The van der Waals surface area contributed by atoms with Crippen molar-refractivity contribution in [3.63, 3.8) is 0 Å². The number of nitrogens with one attached hydrogen (secondary N) is 1. The predicted octanol–water partition coefficient (Wildman–Crippen LogP) is 4.22. The molecule has 0 unspecified atom stereocenters. The lowest BCUT2D eigenvalue weighted by atomic mass is 10.2. The standard InChI is InChI=1S/C23H20FN3O4S/c1-13-19-22(25-12-27(23(19)29)11-14-5-4-6-15(24)9-14)32-20(13)21(28)26-17-10-16(30-2)7-8-18(17)31-3/h4-10,12H,11H2,1-3H3,(H,26,28). The molecule has 9 heteroatoms. The predicted molar refractivity (Wildman–Crippen MR) is 122 cm³/mol. The molecule has 0 saturated heterocycles. The van der Waals surface area contributed by atoms with E-state index in [4.69, 9.17) is 9.47 Å². The molecule has 7 nitrogen and oxygen atoms in total. The maximum atomic E-state index is 13.5. The molecule has 0 aliphatic heterocycles. The van der Waals surface area contributed by atoms with Crippen LogP contribution in [0.5, 0.6) is 11.5 Å². The number of carbonyl (C=O) groups excluding carboxylic acids is 1. The van der Waals surface area contributed by atoms with Crippen molar-refractivity contribution in [1.29, 1.82) is 0 Å². The first-order chi connectivity index (χ1) is 15.4. The number of aryl methyl sites for hydroxylation is 1. The van der Waals surface area contributed by atoms with Crippen molar-refractivity contribution < 1.29 is 18.7 Å². The number of hydrogen-bond donors (Lipinski definition) is 1. The van der Waals surface area contributed by atoms with Gasteiger partial charge in [-0.15, -0.1) is 11.3 Å². The number of benzene rings is 2. The number of carbonyl (C=O) groups is 1. The number of methoxy groups -OCH3 is 2. The molecule has 2 aromatic carbocycles. The van der Waals surface area contributed by atoms with E-state index in [0.29, 0.717) is 43.4 Å². The van der Waals surface area contributed by atoms with Gasteiger partial charge in [-0.05, 0) is 42.3 Å². The van der Waals surface area contributed by atoms with E-state index in [9.17, 15) is 14.0 Å². The Bertz CT molecular complexity index is 1380. The van der Waals surface area contributed by atoms with Gasteiger partial charge < -0.3 is 14.8 Å². The minimum absolute atomic E-state index is 0.178. The van der Waals surface area contributed by atoms with Gasteiger partial charge in [0.25, 0.3) is 11.5 Å². The first kappa shape index (κ1) is 21.5. The maximum absolute atomic E-state index is 13.5. The molecular weight excluding hydrogens is 433 g/mol. The summed E-state index contributed by atoms with van der Waals surface area (Å²) < 4.78 is 25.4. The van der Waals surface area contributed by atoms with E-state index in [2.05, 4.69) is 10.3 Å². The zero-order valence-corrected chi connectivity index (χ0v) is 18.5. The monoisotopic (exact) mass is 453 g/mol. The van der Waals surface area contributed by atoms with Gasteiger partial charge in [0.1, 0.15) is 22.1 Å². The van der Waals surface area contributed by atoms with Gasteiger partial charge in [-0.2, -0.15) is 0 Å². The van der Waals surface area contributed by atoms with E-state index in [-0.39, 0.29) is 23.8 Å². The van der Waals surface area contributed by atoms with E-state index in [0.717, 1.165) is 11.3 Å². The van der Waals surface area contributed by atoms with Crippen molar-refractivity contribution in [3.8, 4) is 11.5 Å². The number of nitrogens with zero attached hydrogens (tertiary/aromatic N) is 2. The van der Waals surface area contributed by atoms with Gasteiger partial charge >= 0.3 is 0 Å². The van der Waals surface area contributed by atoms with Crippen molar-refractivity contribution in [3.05, 3.63) is 81.0 Å². The largest absolute Gasteiger partial charge is 0.497 e. The van der Waals surface area contributed by atoms with Crippen LogP contribution < -0.4 is 20.3 Å². The fourth-order valence-corrected chi connectivity index (χ4v) is 4.45. The molecule has 0 atom stereocenters. The van der Waals surface area contributed by atoms with Gasteiger partial charge in [-0.25, -0.2) is 9.37 Å². The summed E-state index contributed by atoms with van der Waals surface area (Å²) >= 11 is 1.14. The first-order valence-corrected chi connectivity index (χ1v) is 10.5. The fraction of sp³-hybridized carbons (Fsp3) is 0.174. The molecule has 1 N–H and O–H groups in total. The second-order valence-corrected chi connectivity index (χ2v) is 8.06.